The van der Waals surface area contributed by atoms with E-state index in [9.17, 15) is 4.79 Å². The molecule has 24 heavy (non-hydrogen) atoms. The average molecular weight is 469 g/mol. The number of Topliss-reactive ketones (excluding diaryl/α,β-unsaturated/α-hetero) is 1. The maximum atomic E-state index is 12.6. The summed E-state index contributed by atoms with van der Waals surface area (Å²) in [6.45, 7) is 0. The van der Waals surface area contributed by atoms with Crippen LogP contribution in [0.2, 0.25) is 5.02 Å². The Hall–Kier alpha value is -1.36. The fourth-order valence-corrected chi connectivity index (χ4v) is 3.59. The molecule has 2 aromatic carbocycles. The Morgan fingerprint density at radius 1 is 0.917 bits per heavy atom. The lowest BCUT2D eigenvalue weighted by Gasteiger charge is -2.14. The first-order valence-electron chi connectivity index (χ1n) is 7.30. The van der Waals surface area contributed by atoms with Crippen LogP contribution in [-0.2, 0) is 0 Å². The second-order valence-electron chi connectivity index (χ2n) is 5.22. The first-order valence-corrected chi connectivity index (χ1v) is 9.51. The van der Waals surface area contributed by atoms with Crippen molar-refractivity contribution < 1.29 is 9.21 Å². The Kier molecular flexibility index (Phi) is 5.59. The van der Waals surface area contributed by atoms with Crippen molar-refractivity contribution in [2.45, 2.75) is 9.65 Å². The fourth-order valence-electron chi connectivity index (χ4n) is 2.35. The summed E-state index contributed by atoms with van der Waals surface area (Å²) in [5.74, 6) is 1.33. The van der Waals surface area contributed by atoms with E-state index in [1.807, 2.05) is 54.6 Å². The summed E-state index contributed by atoms with van der Waals surface area (Å²) in [5.41, 5.74) is 1.48. The van der Waals surface area contributed by atoms with Crippen molar-refractivity contribution >= 4 is 49.2 Å². The first-order chi connectivity index (χ1) is 11.6. The van der Waals surface area contributed by atoms with Crippen molar-refractivity contribution in [1.82, 2.24) is 0 Å². The Morgan fingerprint density at radius 2 is 1.58 bits per heavy atom. The van der Waals surface area contributed by atoms with Gasteiger partial charge >= 0.3 is 0 Å². The molecule has 0 spiro atoms. The molecule has 3 rings (SSSR count). The van der Waals surface area contributed by atoms with Gasteiger partial charge in [0, 0.05) is 11.1 Å². The van der Waals surface area contributed by atoms with E-state index >= 15 is 0 Å². The highest BCUT2D eigenvalue weighted by Crippen LogP contribution is 2.37. The van der Waals surface area contributed by atoms with Gasteiger partial charge in [-0.15, -0.1) is 0 Å². The van der Waals surface area contributed by atoms with Gasteiger partial charge in [-0.05, 0) is 24.3 Å². The number of rotatable bonds is 5. The summed E-state index contributed by atoms with van der Waals surface area (Å²) in [6, 6.07) is 20.4. The second kappa shape index (κ2) is 7.68. The molecule has 0 bridgehead atoms. The van der Waals surface area contributed by atoms with Crippen molar-refractivity contribution in [3.8, 4) is 11.3 Å². The molecule has 0 amide bonds. The molecule has 0 aliphatic carbocycles. The standard InChI is InChI=1S/C19H13Br2ClO2/c20-17(18(21)19(23)12-6-2-1-3-7-12)16-11-10-15(24-16)13-8-4-5-9-14(13)22/h1-11,17-18H. The van der Waals surface area contributed by atoms with E-state index in [2.05, 4.69) is 31.9 Å². The van der Waals surface area contributed by atoms with Crippen LogP contribution in [0.5, 0.6) is 0 Å². The molecule has 0 fully saturated rings. The highest BCUT2D eigenvalue weighted by Gasteiger charge is 2.28. The Morgan fingerprint density at radius 3 is 2.29 bits per heavy atom. The maximum absolute atomic E-state index is 12.6. The number of carbonyl (C=O) groups excluding carboxylic acids is 1. The first kappa shape index (κ1) is 17.5. The molecule has 0 aliphatic rings. The lowest BCUT2D eigenvalue weighted by atomic mass is 10.1. The molecule has 0 aliphatic heterocycles. The molecule has 2 nitrogen and oxygen atoms in total. The molecule has 0 saturated heterocycles. The highest BCUT2D eigenvalue weighted by atomic mass is 79.9. The maximum Gasteiger partial charge on any atom is 0.178 e. The van der Waals surface area contributed by atoms with Crippen LogP contribution >= 0.6 is 43.5 Å². The molecule has 0 saturated carbocycles. The Bertz CT molecular complexity index is 845. The zero-order valence-corrected chi connectivity index (χ0v) is 16.4. The van der Waals surface area contributed by atoms with Crippen molar-refractivity contribution in [2.75, 3.05) is 0 Å². The van der Waals surface area contributed by atoms with Crippen LogP contribution in [0, 0.1) is 0 Å². The van der Waals surface area contributed by atoms with Crippen LogP contribution in [0.15, 0.2) is 71.1 Å². The predicted octanol–water partition coefficient (Wildman–Crippen LogP) is 6.68. The minimum Gasteiger partial charge on any atom is -0.460 e. The van der Waals surface area contributed by atoms with Gasteiger partial charge in [0.1, 0.15) is 11.5 Å². The average Bonchev–Trinajstić information content (AvgIpc) is 3.11. The molecular weight excluding hydrogens is 455 g/mol. The smallest absolute Gasteiger partial charge is 0.178 e. The summed E-state index contributed by atoms with van der Waals surface area (Å²) in [7, 11) is 0. The Labute approximate surface area is 162 Å². The van der Waals surface area contributed by atoms with Gasteiger partial charge < -0.3 is 4.42 Å². The van der Waals surface area contributed by atoms with Crippen LogP contribution in [0.3, 0.4) is 0 Å². The van der Waals surface area contributed by atoms with Gasteiger partial charge in [0.05, 0.1) is 14.7 Å². The zero-order valence-electron chi connectivity index (χ0n) is 12.5. The number of alkyl halides is 2. The molecular formula is C19H13Br2ClO2. The summed E-state index contributed by atoms with van der Waals surface area (Å²) in [5, 5.41) is 0.625. The lowest BCUT2D eigenvalue weighted by Crippen LogP contribution is -2.18. The van der Waals surface area contributed by atoms with Gasteiger partial charge in [-0.1, -0.05) is 85.9 Å². The largest absolute Gasteiger partial charge is 0.460 e. The van der Waals surface area contributed by atoms with E-state index in [1.54, 1.807) is 12.1 Å². The summed E-state index contributed by atoms with van der Waals surface area (Å²) >= 11 is 13.2. The van der Waals surface area contributed by atoms with Crippen molar-refractivity contribution in [3.63, 3.8) is 0 Å². The molecule has 0 N–H and O–H groups in total. The second-order valence-corrected chi connectivity index (χ2v) is 7.60. The van der Waals surface area contributed by atoms with E-state index < -0.39 is 4.83 Å². The molecule has 2 unspecified atom stereocenters. The van der Waals surface area contributed by atoms with E-state index in [1.165, 1.54) is 0 Å². The molecule has 1 aromatic heterocycles. The normalized spacial score (nSPS) is 13.5. The summed E-state index contributed by atoms with van der Waals surface area (Å²) < 4.78 is 5.91. The molecule has 1 heterocycles. The SMILES string of the molecule is O=C(c1ccccc1)C(Br)C(Br)c1ccc(-c2ccccc2Cl)o1. The molecule has 122 valence electrons. The molecule has 0 radical (unpaired) electrons. The molecule has 2 atom stereocenters. The molecule has 5 heteroatoms. The minimum absolute atomic E-state index is 0.00633. The van der Waals surface area contributed by atoms with Crippen molar-refractivity contribution in [1.29, 1.82) is 0 Å². The van der Waals surface area contributed by atoms with E-state index in [0.29, 0.717) is 22.1 Å². The van der Waals surface area contributed by atoms with Gasteiger partial charge in [-0.25, -0.2) is 0 Å². The van der Waals surface area contributed by atoms with Gasteiger partial charge in [0.2, 0.25) is 0 Å². The number of ketones is 1. The quantitative estimate of drug-likeness (QED) is 0.309. The lowest BCUT2D eigenvalue weighted by molar-refractivity contribution is 0.0989. The van der Waals surface area contributed by atoms with Gasteiger partial charge in [-0.2, -0.15) is 0 Å². The topological polar surface area (TPSA) is 30.2 Å². The van der Waals surface area contributed by atoms with Crippen molar-refractivity contribution in [2.24, 2.45) is 0 Å². The summed E-state index contributed by atoms with van der Waals surface area (Å²) in [6.07, 6.45) is 0. The molecule has 3 aromatic rings. The number of hydrogen-bond donors (Lipinski definition) is 0. The van der Waals surface area contributed by atoms with Crippen LogP contribution in [-0.4, -0.2) is 10.6 Å². The van der Waals surface area contributed by atoms with Gasteiger partial charge in [-0.3, -0.25) is 4.79 Å². The van der Waals surface area contributed by atoms with Crippen molar-refractivity contribution in [3.05, 3.63) is 83.1 Å². The number of halogens is 3. The number of furan rings is 1. The van der Waals surface area contributed by atoms with Crippen LogP contribution < -0.4 is 0 Å². The van der Waals surface area contributed by atoms with Crippen LogP contribution in [0.1, 0.15) is 20.9 Å². The van der Waals surface area contributed by atoms with Crippen LogP contribution in [0.25, 0.3) is 11.3 Å². The van der Waals surface area contributed by atoms with Gasteiger partial charge in [0.15, 0.2) is 5.78 Å². The monoisotopic (exact) mass is 466 g/mol. The fraction of sp³-hybridized carbons (Fsp3) is 0.105. The third kappa shape index (κ3) is 3.66. The number of carbonyl (C=O) groups is 1. The number of benzene rings is 2. The minimum atomic E-state index is -0.440. The Balaban J connectivity index is 1.82. The third-order valence-electron chi connectivity index (χ3n) is 3.60. The predicted molar refractivity (Wildman–Crippen MR) is 104 cm³/mol. The van der Waals surface area contributed by atoms with Crippen LogP contribution in [0.4, 0.5) is 0 Å². The highest BCUT2D eigenvalue weighted by molar-refractivity contribution is 9.12. The zero-order chi connectivity index (χ0) is 17.1. The van der Waals surface area contributed by atoms with E-state index in [-0.39, 0.29) is 10.6 Å². The third-order valence-corrected chi connectivity index (χ3v) is 6.57. The number of hydrogen-bond acceptors (Lipinski definition) is 2. The van der Waals surface area contributed by atoms with Gasteiger partial charge in [0.25, 0.3) is 0 Å². The summed E-state index contributed by atoms with van der Waals surface area (Å²) in [4.78, 5) is 11.8. The van der Waals surface area contributed by atoms with E-state index in [0.717, 1.165) is 5.56 Å². The van der Waals surface area contributed by atoms with E-state index in [4.69, 9.17) is 16.0 Å².